The number of anilines is 1. The van der Waals surface area contributed by atoms with Gasteiger partial charge in [-0.2, -0.15) is 0 Å². The average molecular weight is 329 g/mol. The predicted molar refractivity (Wildman–Crippen MR) is 90.5 cm³/mol. The molecule has 3 rings (SSSR count). The van der Waals surface area contributed by atoms with E-state index in [9.17, 15) is 14.4 Å². The van der Waals surface area contributed by atoms with Crippen LogP contribution in [0.25, 0.3) is 0 Å². The van der Waals surface area contributed by atoms with Gasteiger partial charge in [-0.05, 0) is 30.5 Å². The summed E-state index contributed by atoms with van der Waals surface area (Å²) in [4.78, 5) is 38.3. The fourth-order valence-electron chi connectivity index (χ4n) is 3.62. The van der Waals surface area contributed by atoms with Gasteiger partial charge in [0, 0.05) is 18.8 Å². The highest BCUT2D eigenvalue weighted by atomic mass is 16.2. The molecule has 0 aromatic heterocycles. The first-order valence-electron chi connectivity index (χ1n) is 8.44. The molecule has 24 heavy (non-hydrogen) atoms. The largest absolute Gasteiger partial charge is 0.352 e. The van der Waals surface area contributed by atoms with Gasteiger partial charge in [0.1, 0.15) is 5.54 Å². The van der Waals surface area contributed by atoms with E-state index in [2.05, 4.69) is 10.6 Å². The summed E-state index contributed by atoms with van der Waals surface area (Å²) in [5.41, 5.74) is 1.82. The zero-order valence-electron chi connectivity index (χ0n) is 14.1. The molecule has 6 nitrogen and oxygen atoms in total. The van der Waals surface area contributed by atoms with Crippen molar-refractivity contribution in [2.45, 2.75) is 45.1 Å². The first-order chi connectivity index (χ1) is 11.4. The Morgan fingerprint density at radius 3 is 2.88 bits per heavy atom. The van der Waals surface area contributed by atoms with Crippen molar-refractivity contribution in [3.8, 4) is 0 Å². The fraction of sp³-hybridized carbons (Fsp3) is 0.500. The van der Waals surface area contributed by atoms with Gasteiger partial charge in [-0.15, -0.1) is 0 Å². The Balaban J connectivity index is 1.77. The van der Waals surface area contributed by atoms with E-state index in [1.807, 2.05) is 32.0 Å². The second kappa shape index (κ2) is 6.26. The molecule has 128 valence electrons. The van der Waals surface area contributed by atoms with E-state index in [4.69, 9.17) is 0 Å². The minimum absolute atomic E-state index is 0.0169. The highest BCUT2D eigenvalue weighted by Gasteiger charge is 2.43. The van der Waals surface area contributed by atoms with Crippen LogP contribution < -0.4 is 10.6 Å². The van der Waals surface area contributed by atoms with Gasteiger partial charge in [-0.3, -0.25) is 14.4 Å². The van der Waals surface area contributed by atoms with Crippen LogP contribution in [0.15, 0.2) is 18.2 Å². The van der Waals surface area contributed by atoms with Crippen molar-refractivity contribution in [1.82, 2.24) is 10.2 Å². The lowest BCUT2D eigenvalue weighted by molar-refractivity contribution is -0.150. The summed E-state index contributed by atoms with van der Waals surface area (Å²) in [5, 5.41) is 5.67. The van der Waals surface area contributed by atoms with Gasteiger partial charge in [0.05, 0.1) is 12.8 Å². The van der Waals surface area contributed by atoms with E-state index in [1.165, 1.54) is 0 Å². The molecule has 1 atom stereocenters. The Hall–Kier alpha value is -2.37. The highest BCUT2D eigenvalue weighted by Crippen LogP contribution is 2.27. The standard InChI is InChI=1S/C18H23N3O3/c1-3-6-18(2)17(24)19-7-8-21(18)16(23)10-12-4-5-13-11-15(22)20-14(13)9-12/h4-5,9H,3,6-8,10-11H2,1-2H3,(H,19,24)(H,20,22)/t18-/m0/s1. The molecule has 1 saturated heterocycles. The number of rotatable bonds is 4. The van der Waals surface area contributed by atoms with Gasteiger partial charge >= 0.3 is 0 Å². The van der Waals surface area contributed by atoms with Crippen molar-refractivity contribution in [3.63, 3.8) is 0 Å². The Labute approximate surface area is 141 Å². The normalized spacial score (nSPS) is 22.8. The molecule has 1 fully saturated rings. The van der Waals surface area contributed by atoms with E-state index in [-0.39, 0.29) is 24.1 Å². The maximum atomic E-state index is 12.8. The van der Waals surface area contributed by atoms with Crippen molar-refractivity contribution < 1.29 is 14.4 Å². The fourth-order valence-corrected chi connectivity index (χ4v) is 3.62. The van der Waals surface area contributed by atoms with Crippen LogP contribution in [0.3, 0.4) is 0 Å². The van der Waals surface area contributed by atoms with E-state index >= 15 is 0 Å². The smallest absolute Gasteiger partial charge is 0.245 e. The van der Waals surface area contributed by atoms with E-state index in [0.29, 0.717) is 25.9 Å². The summed E-state index contributed by atoms with van der Waals surface area (Å²) in [6.45, 7) is 4.87. The van der Waals surface area contributed by atoms with Crippen molar-refractivity contribution in [2.75, 3.05) is 18.4 Å². The lowest BCUT2D eigenvalue weighted by Crippen LogP contribution is -2.65. The molecule has 3 amide bonds. The zero-order valence-corrected chi connectivity index (χ0v) is 14.1. The molecule has 2 aliphatic rings. The number of benzene rings is 1. The van der Waals surface area contributed by atoms with Gasteiger partial charge in [-0.1, -0.05) is 25.5 Å². The Bertz CT molecular complexity index is 701. The number of hydrogen-bond donors (Lipinski definition) is 2. The minimum atomic E-state index is -0.783. The van der Waals surface area contributed by atoms with Crippen molar-refractivity contribution in [1.29, 1.82) is 0 Å². The molecular formula is C18H23N3O3. The Morgan fingerprint density at radius 1 is 1.33 bits per heavy atom. The average Bonchev–Trinajstić information content (AvgIpc) is 2.89. The molecule has 0 radical (unpaired) electrons. The number of piperazine rings is 1. The molecule has 0 unspecified atom stereocenters. The molecular weight excluding hydrogens is 306 g/mol. The minimum Gasteiger partial charge on any atom is -0.352 e. The summed E-state index contributed by atoms with van der Waals surface area (Å²) in [5.74, 6) is -0.146. The van der Waals surface area contributed by atoms with Crippen LogP contribution in [-0.2, 0) is 27.2 Å². The molecule has 2 aliphatic heterocycles. The molecule has 1 aromatic rings. The second-order valence-electron chi connectivity index (χ2n) is 6.72. The number of carbonyl (C=O) groups excluding carboxylic acids is 3. The summed E-state index contributed by atoms with van der Waals surface area (Å²) in [6.07, 6.45) is 2.10. The van der Waals surface area contributed by atoms with Crippen LogP contribution in [0.4, 0.5) is 5.69 Å². The third kappa shape index (κ3) is 2.88. The quantitative estimate of drug-likeness (QED) is 0.872. The lowest BCUT2D eigenvalue weighted by Gasteiger charge is -2.43. The third-order valence-corrected chi connectivity index (χ3v) is 4.90. The Morgan fingerprint density at radius 2 is 2.12 bits per heavy atom. The van der Waals surface area contributed by atoms with E-state index in [0.717, 1.165) is 23.2 Å². The maximum Gasteiger partial charge on any atom is 0.245 e. The topological polar surface area (TPSA) is 78.5 Å². The van der Waals surface area contributed by atoms with Gasteiger partial charge in [0.25, 0.3) is 0 Å². The van der Waals surface area contributed by atoms with Gasteiger partial charge in [0.15, 0.2) is 0 Å². The van der Waals surface area contributed by atoms with Crippen LogP contribution in [0, 0.1) is 0 Å². The molecule has 0 spiro atoms. The molecule has 2 heterocycles. The maximum absolute atomic E-state index is 12.8. The molecule has 0 aliphatic carbocycles. The number of nitrogens with one attached hydrogen (secondary N) is 2. The summed E-state index contributed by atoms with van der Waals surface area (Å²) >= 11 is 0. The van der Waals surface area contributed by atoms with Crippen LogP contribution in [0.2, 0.25) is 0 Å². The number of hydrogen-bond acceptors (Lipinski definition) is 3. The zero-order chi connectivity index (χ0) is 17.3. The lowest BCUT2D eigenvalue weighted by atomic mass is 9.90. The van der Waals surface area contributed by atoms with Crippen molar-refractivity contribution in [2.24, 2.45) is 0 Å². The van der Waals surface area contributed by atoms with Crippen molar-refractivity contribution >= 4 is 23.4 Å². The number of carbonyl (C=O) groups is 3. The van der Waals surface area contributed by atoms with Gasteiger partial charge < -0.3 is 15.5 Å². The van der Waals surface area contributed by atoms with Crippen LogP contribution in [0.5, 0.6) is 0 Å². The molecule has 0 bridgehead atoms. The van der Waals surface area contributed by atoms with Crippen LogP contribution >= 0.6 is 0 Å². The Kier molecular flexibility index (Phi) is 4.30. The van der Waals surface area contributed by atoms with E-state index in [1.54, 1.807) is 4.90 Å². The van der Waals surface area contributed by atoms with Gasteiger partial charge in [0.2, 0.25) is 17.7 Å². The predicted octanol–water partition coefficient (Wildman–Crippen LogP) is 1.24. The number of nitrogens with zero attached hydrogens (tertiary/aromatic N) is 1. The number of fused-ring (bicyclic) bond motifs is 1. The number of amides is 3. The van der Waals surface area contributed by atoms with E-state index < -0.39 is 5.54 Å². The molecule has 2 N–H and O–H groups in total. The SMILES string of the molecule is CCC[C@@]1(C)C(=O)NCCN1C(=O)Cc1ccc2c(c1)NC(=O)C2. The molecule has 6 heteroatoms. The van der Waals surface area contributed by atoms with Crippen molar-refractivity contribution in [3.05, 3.63) is 29.3 Å². The summed E-state index contributed by atoms with van der Waals surface area (Å²) < 4.78 is 0. The highest BCUT2D eigenvalue weighted by molar-refractivity contribution is 5.99. The first-order valence-corrected chi connectivity index (χ1v) is 8.44. The molecule has 0 saturated carbocycles. The second-order valence-corrected chi connectivity index (χ2v) is 6.72. The van der Waals surface area contributed by atoms with Gasteiger partial charge in [-0.25, -0.2) is 0 Å². The third-order valence-electron chi connectivity index (χ3n) is 4.90. The van der Waals surface area contributed by atoms with Crippen LogP contribution in [-0.4, -0.2) is 41.2 Å². The van der Waals surface area contributed by atoms with Crippen LogP contribution in [0.1, 0.15) is 37.8 Å². The molecule has 1 aromatic carbocycles. The monoisotopic (exact) mass is 329 g/mol. The summed E-state index contributed by atoms with van der Waals surface area (Å²) in [6, 6.07) is 5.64. The summed E-state index contributed by atoms with van der Waals surface area (Å²) in [7, 11) is 0. The first kappa shape index (κ1) is 16.5.